The topological polar surface area (TPSA) is 0 Å². The van der Waals surface area contributed by atoms with Gasteiger partial charge in [-0.05, 0) is 23.8 Å². The SMILES string of the molecule is FC(F)(F)SCCC(CBr)(CBr)Cc1ccccc1. The molecule has 0 radical (unpaired) electrons. The largest absolute Gasteiger partial charge is 0.441 e. The van der Waals surface area contributed by atoms with Gasteiger partial charge in [-0.2, -0.15) is 13.2 Å². The summed E-state index contributed by atoms with van der Waals surface area (Å²) < 4.78 is 36.6. The van der Waals surface area contributed by atoms with Crippen LogP contribution in [0.1, 0.15) is 12.0 Å². The maximum absolute atomic E-state index is 12.2. The highest BCUT2D eigenvalue weighted by Crippen LogP contribution is 2.37. The average Bonchev–Trinajstić information content (AvgIpc) is 2.37. The molecule has 1 aromatic rings. The maximum Gasteiger partial charge on any atom is 0.441 e. The second-order valence-electron chi connectivity index (χ2n) is 4.47. The standard InChI is InChI=1S/C13H15Br2F3S/c14-9-12(10-15,6-7-19-13(16,17)18)8-11-4-2-1-3-5-11/h1-5H,6-10H2. The Bertz CT molecular complexity index is 364. The lowest BCUT2D eigenvalue weighted by Gasteiger charge is -2.30. The first-order valence-electron chi connectivity index (χ1n) is 5.77. The highest BCUT2D eigenvalue weighted by Gasteiger charge is 2.32. The van der Waals surface area contributed by atoms with Crippen molar-refractivity contribution in [2.24, 2.45) is 5.41 Å². The molecule has 0 aliphatic heterocycles. The molecule has 0 spiro atoms. The van der Waals surface area contributed by atoms with Crippen molar-refractivity contribution < 1.29 is 13.2 Å². The van der Waals surface area contributed by atoms with E-state index in [2.05, 4.69) is 31.9 Å². The predicted molar refractivity (Wildman–Crippen MR) is 83.3 cm³/mol. The number of alkyl halides is 5. The second-order valence-corrected chi connectivity index (χ2v) is 6.76. The number of benzene rings is 1. The summed E-state index contributed by atoms with van der Waals surface area (Å²) in [7, 11) is 0. The molecule has 0 unspecified atom stereocenters. The van der Waals surface area contributed by atoms with Crippen molar-refractivity contribution in [3.05, 3.63) is 35.9 Å². The number of rotatable bonds is 7. The molecule has 0 saturated heterocycles. The van der Waals surface area contributed by atoms with Crippen LogP contribution in [0.15, 0.2) is 30.3 Å². The van der Waals surface area contributed by atoms with Crippen LogP contribution < -0.4 is 0 Å². The summed E-state index contributed by atoms with van der Waals surface area (Å²) in [4.78, 5) is 0. The fraction of sp³-hybridized carbons (Fsp3) is 0.538. The third-order valence-corrected chi connectivity index (χ3v) is 6.00. The van der Waals surface area contributed by atoms with Gasteiger partial charge < -0.3 is 0 Å². The van der Waals surface area contributed by atoms with Gasteiger partial charge in [-0.1, -0.05) is 74.0 Å². The lowest BCUT2D eigenvalue weighted by Crippen LogP contribution is -2.29. The molecular formula is C13H15Br2F3S. The van der Waals surface area contributed by atoms with Crippen molar-refractivity contribution in [3.8, 4) is 0 Å². The summed E-state index contributed by atoms with van der Waals surface area (Å²) in [5.41, 5.74) is -3.17. The van der Waals surface area contributed by atoms with Crippen molar-refractivity contribution in [2.45, 2.75) is 18.3 Å². The third-order valence-electron chi connectivity index (χ3n) is 2.89. The predicted octanol–water partition coefficient (Wildman–Crippen LogP) is 5.65. The van der Waals surface area contributed by atoms with Gasteiger partial charge in [0.2, 0.25) is 0 Å². The molecule has 1 rings (SSSR count). The van der Waals surface area contributed by atoms with Crippen LogP contribution in [0.4, 0.5) is 13.2 Å². The van der Waals surface area contributed by atoms with E-state index in [-0.39, 0.29) is 22.9 Å². The minimum Gasteiger partial charge on any atom is -0.160 e. The van der Waals surface area contributed by atoms with Gasteiger partial charge in [-0.15, -0.1) is 0 Å². The monoisotopic (exact) mass is 418 g/mol. The van der Waals surface area contributed by atoms with Gasteiger partial charge in [0.05, 0.1) is 0 Å². The summed E-state index contributed by atoms with van der Waals surface area (Å²) in [5, 5.41) is 1.36. The van der Waals surface area contributed by atoms with Gasteiger partial charge in [0.25, 0.3) is 0 Å². The van der Waals surface area contributed by atoms with Crippen molar-refractivity contribution in [1.82, 2.24) is 0 Å². The van der Waals surface area contributed by atoms with E-state index in [0.717, 1.165) is 12.0 Å². The Morgan fingerprint density at radius 3 is 2.05 bits per heavy atom. The Balaban J connectivity index is 2.63. The van der Waals surface area contributed by atoms with Gasteiger partial charge in [0, 0.05) is 16.4 Å². The molecule has 0 N–H and O–H groups in total. The van der Waals surface area contributed by atoms with Gasteiger partial charge in [-0.3, -0.25) is 0 Å². The first kappa shape index (κ1) is 17.4. The van der Waals surface area contributed by atoms with Crippen molar-refractivity contribution >= 4 is 43.6 Å². The van der Waals surface area contributed by atoms with Gasteiger partial charge >= 0.3 is 5.51 Å². The zero-order chi connectivity index (χ0) is 14.4. The highest BCUT2D eigenvalue weighted by molar-refractivity contribution is 9.09. The van der Waals surface area contributed by atoms with E-state index in [4.69, 9.17) is 0 Å². The normalized spacial score (nSPS) is 12.7. The summed E-state index contributed by atoms with van der Waals surface area (Å²) in [6.45, 7) is 0. The molecule has 0 aliphatic rings. The molecule has 0 bridgehead atoms. The van der Waals surface area contributed by atoms with Crippen LogP contribution >= 0.6 is 43.6 Å². The molecule has 108 valence electrons. The minimum absolute atomic E-state index is 0.0601. The van der Waals surface area contributed by atoms with Crippen molar-refractivity contribution in [2.75, 3.05) is 16.4 Å². The summed E-state index contributed by atoms with van der Waals surface area (Å²) in [6.07, 6.45) is 1.28. The van der Waals surface area contributed by atoms with Crippen molar-refractivity contribution in [3.63, 3.8) is 0 Å². The van der Waals surface area contributed by atoms with E-state index >= 15 is 0 Å². The molecule has 0 aliphatic carbocycles. The van der Waals surface area contributed by atoms with Gasteiger partial charge in [0.1, 0.15) is 0 Å². The van der Waals surface area contributed by atoms with E-state index < -0.39 is 5.51 Å². The van der Waals surface area contributed by atoms with Crippen LogP contribution in [-0.4, -0.2) is 21.9 Å². The Labute approximate surface area is 132 Å². The van der Waals surface area contributed by atoms with E-state index in [0.29, 0.717) is 17.1 Å². The molecule has 0 atom stereocenters. The first-order valence-corrected chi connectivity index (χ1v) is 9.00. The Hall–Kier alpha value is 0.320. The Morgan fingerprint density at radius 2 is 1.58 bits per heavy atom. The van der Waals surface area contributed by atoms with E-state index in [9.17, 15) is 13.2 Å². The van der Waals surface area contributed by atoms with Crippen LogP contribution in [0, 0.1) is 5.41 Å². The molecule has 0 heterocycles. The van der Waals surface area contributed by atoms with Crippen LogP contribution in [0.3, 0.4) is 0 Å². The lowest BCUT2D eigenvalue weighted by atomic mass is 9.83. The third kappa shape index (κ3) is 6.54. The summed E-state index contributed by atoms with van der Waals surface area (Å²) >= 11 is 6.96. The lowest BCUT2D eigenvalue weighted by molar-refractivity contribution is -0.0328. The Kier molecular flexibility index (Phi) is 7.25. The fourth-order valence-electron chi connectivity index (χ4n) is 1.76. The van der Waals surface area contributed by atoms with E-state index in [1.165, 1.54) is 0 Å². The van der Waals surface area contributed by atoms with Crippen LogP contribution in [0.25, 0.3) is 0 Å². The van der Waals surface area contributed by atoms with Gasteiger partial charge in [0.15, 0.2) is 0 Å². The Morgan fingerprint density at radius 1 is 1.00 bits per heavy atom. The number of hydrogen-bond acceptors (Lipinski definition) is 1. The van der Waals surface area contributed by atoms with Crippen LogP contribution in [0.5, 0.6) is 0 Å². The van der Waals surface area contributed by atoms with E-state index in [1.807, 2.05) is 30.3 Å². The summed E-state index contributed by atoms with van der Waals surface area (Å²) in [6, 6.07) is 9.86. The molecule has 0 aromatic heterocycles. The first-order chi connectivity index (χ1) is 8.91. The molecule has 1 aromatic carbocycles. The molecular weight excluding hydrogens is 405 g/mol. The number of hydrogen-bond donors (Lipinski definition) is 0. The maximum atomic E-state index is 12.2. The van der Waals surface area contributed by atoms with Gasteiger partial charge in [-0.25, -0.2) is 0 Å². The minimum atomic E-state index is -4.14. The second kappa shape index (κ2) is 7.93. The number of halogens is 5. The van der Waals surface area contributed by atoms with Crippen molar-refractivity contribution in [1.29, 1.82) is 0 Å². The number of thioether (sulfide) groups is 1. The smallest absolute Gasteiger partial charge is 0.160 e. The highest BCUT2D eigenvalue weighted by atomic mass is 79.9. The quantitative estimate of drug-likeness (QED) is 0.514. The van der Waals surface area contributed by atoms with E-state index in [1.54, 1.807) is 0 Å². The zero-order valence-corrected chi connectivity index (χ0v) is 14.2. The molecule has 0 saturated carbocycles. The molecule has 0 amide bonds. The zero-order valence-electron chi connectivity index (χ0n) is 10.2. The summed E-state index contributed by atoms with van der Waals surface area (Å²) in [5.74, 6) is 0.0908. The molecule has 6 heteroatoms. The van der Waals surface area contributed by atoms with Crippen LogP contribution in [-0.2, 0) is 6.42 Å². The molecule has 19 heavy (non-hydrogen) atoms. The molecule has 0 fully saturated rings. The van der Waals surface area contributed by atoms with Crippen LogP contribution in [0.2, 0.25) is 0 Å². The molecule has 0 nitrogen and oxygen atoms in total. The average molecular weight is 420 g/mol. The fourth-order valence-corrected chi connectivity index (χ4v) is 4.42.